The zero-order chi connectivity index (χ0) is 25.2. The molecule has 184 valence electrons. The number of rotatable bonds is 9. The molecule has 1 aliphatic rings. The van der Waals surface area contributed by atoms with Gasteiger partial charge in [0.15, 0.2) is 5.17 Å². The van der Waals surface area contributed by atoms with Crippen LogP contribution in [-0.2, 0) is 9.59 Å². The lowest BCUT2D eigenvalue weighted by atomic mass is 10.2. The van der Waals surface area contributed by atoms with Gasteiger partial charge in [-0.3, -0.25) is 9.59 Å². The molecule has 1 heterocycles. The monoisotopic (exact) mass is 493 g/mol. The highest BCUT2D eigenvalue weighted by Crippen LogP contribution is 2.23. The van der Waals surface area contributed by atoms with Crippen LogP contribution in [0.2, 0.25) is 0 Å². The number of hydrogen-bond donors (Lipinski definition) is 2. The van der Waals surface area contributed by atoms with E-state index >= 15 is 0 Å². The smallest absolute Gasteiger partial charge is 0.238 e. The number of allylic oxidation sites excluding steroid dienone is 1. The average Bonchev–Trinajstić information content (AvgIpc) is 2.85. The van der Waals surface area contributed by atoms with Gasteiger partial charge in [-0.25, -0.2) is 0 Å². The summed E-state index contributed by atoms with van der Waals surface area (Å²) in [5.74, 6) is 0.218. The fourth-order valence-corrected chi connectivity index (χ4v) is 4.01. The molecular weight excluding hydrogens is 462 g/mol. The van der Waals surface area contributed by atoms with Crippen molar-refractivity contribution in [1.29, 1.82) is 0 Å². The Hall–Kier alpha value is -3.59. The van der Waals surface area contributed by atoms with Crippen molar-refractivity contribution in [3.8, 4) is 5.75 Å². The normalized spacial score (nSPS) is 17.4. The molecule has 1 fully saturated rings. The molecule has 8 nitrogen and oxygen atoms in total. The minimum Gasteiger partial charge on any atom is -0.494 e. The Bertz CT molecular complexity index is 1110. The second kappa shape index (κ2) is 12.8. The van der Waals surface area contributed by atoms with E-state index in [-0.39, 0.29) is 18.2 Å². The van der Waals surface area contributed by atoms with Gasteiger partial charge in [-0.2, -0.15) is 5.10 Å². The molecule has 1 saturated heterocycles. The van der Waals surface area contributed by atoms with E-state index in [1.165, 1.54) is 11.8 Å². The maximum Gasteiger partial charge on any atom is 0.238 e. The summed E-state index contributed by atoms with van der Waals surface area (Å²) in [5, 5.41) is 13.6. The Morgan fingerprint density at radius 1 is 1.20 bits per heavy atom. The van der Waals surface area contributed by atoms with Crippen LogP contribution in [0.1, 0.15) is 32.3 Å². The topological polar surface area (TPSA) is 95.4 Å². The first-order valence-electron chi connectivity index (χ1n) is 11.4. The van der Waals surface area contributed by atoms with Crippen LogP contribution < -0.4 is 20.3 Å². The van der Waals surface area contributed by atoms with E-state index in [0.717, 1.165) is 23.4 Å². The lowest BCUT2D eigenvalue weighted by Crippen LogP contribution is -2.41. The Kier molecular flexibility index (Phi) is 9.48. The molecule has 0 radical (unpaired) electrons. The Morgan fingerprint density at radius 3 is 2.57 bits per heavy atom. The van der Waals surface area contributed by atoms with Crippen LogP contribution >= 0.6 is 11.8 Å². The van der Waals surface area contributed by atoms with E-state index in [2.05, 4.69) is 20.8 Å². The highest BCUT2D eigenvalue weighted by molar-refractivity contribution is 8.15. The van der Waals surface area contributed by atoms with Crippen LogP contribution in [0.5, 0.6) is 5.75 Å². The first kappa shape index (κ1) is 26.0. The second-order valence-corrected chi connectivity index (χ2v) is 9.38. The molecule has 35 heavy (non-hydrogen) atoms. The van der Waals surface area contributed by atoms with Gasteiger partial charge < -0.3 is 20.3 Å². The number of benzene rings is 2. The number of anilines is 2. The van der Waals surface area contributed by atoms with Crippen LogP contribution in [0.4, 0.5) is 11.4 Å². The van der Waals surface area contributed by atoms with Gasteiger partial charge in [0, 0.05) is 31.9 Å². The van der Waals surface area contributed by atoms with Crippen molar-refractivity contribution in [2.45, 2.75) is 31.9 Å². The number of nitrogens with zero attached hydrogens (tertiary/aromatic N) is 3. The molecule has 0 bridgehead atoms. The molecule has 2 N–H and O–H groups in total. The summed E-state index contributed by atoms with van der Waals surface area (Å²) in [6.07, 6.45) is 4.79. The number of nitrogens with one attached hydrogen (secondary N) is 2. The molecule has 2 aromatic carbocycles. The van der Waals surface area contributed by atoms with Gasteiger partial charge in [0.25, 0.3) is 0 Å². The molecule has 1 atom stereocenters. The van der Waals surface area contributed by atoms with E-state index in [0.29, 0.717) is 23.2 Å². The maximum atomic E-state index is 12.7. The van der Waals surface area contributed by atoms with Crippen molar-refractivity contribution in [3.63, 3.8) is 0 Å². The molecule has 0 aliphatic carbocycles. The SMILES string of the molecule is CCCOc1ccc(NC(=O)[C@H]2CC(=O)N/C(=N/N=C(C)\C=C\c3ccc(N(C)C)cc3)S2)cc1. The predicted octanol–water partition coefficient (Wildman–Crippen LogP) is 4.55. The molecule has 9 heteroatoms. The highest BCUT2D eigenvalue weighted by atomic mass is 32.2. The average molecular weight is 494 g/mol. The Morgan fingerprint density at radius 2 is 1.91 bits per heavy atom. The van der Waals surface area contributed by atoms with E-state index in [9.17, 15) is 9.59 Å². The number of amides is 2. The lowest BCUT2D eigenvalue weighted by molar-refractivity contribution is -0.123. The van der Waals surface area contributed by atoms with Crippen molar-refractivity contribution < 1.29 is 14.3 Å². The van der Waals surface area contributed by atoms with Crippen LogP contribution in [0, 0.1) is 0 Å². The van der Waals surface area contributed by atoms with Crippen molar-refractivity contribution in [2.24, 2.45) is 10.2 Å². The molecule has 1 aliphatic heterocycles. The first-order valence-corrected chi connectivity index (χ1v) is 12.3. The van der Waals surface area contributed by atoms with Gasteiger partial charge in [-0.05, 0) is 61.4 Å². The molecule has 0 aromatic heterocycles. The van der Waals surface area contributed by atoms with Gasteiger partial charge in [-0.15, -0.1) is 5.10 Å². The molecule has 0 saturated carbocycles. The number of carbonyl (C=O) groups excluding carboxylic acids is 2. The van der Waals surface area contributed by atoms with Gasteiger partial charge in [0.1, 0.15) is 11.0 Å². The fourth-order valence-electron chi connectivity index (χ4n) is 3.07. The van der Waals surface area contributed by atoms with Gasteiger partial charge >= 0.3 is 0 Å². The minimum atomic E-state index is -0.597. The predicted molar refractivity (Wildman–Crippen MR) is 145 cm³/mol. The Labute approximate surface area is 210 Å². The standard InChI is InChI=1S/C26H31N5O3S/c1-5-16-34-22-14-10-20(11-15-22)27-25(33)23-17-24(32)28-26(35-23)30-29-18(2)6-7-19-8-12-21(13-9-19)31(3)4/h6-15,23H,5,16-17H2,1-4H3,(H,27,33)(H,28,30,32)/b7-6+,29-18-/t23-/m1/s1. The third kappa shape index (κ3) is 8.29. The first-order chi connectivity index (χ1) is 16.8. The fraction of sp³-hybridized carbons (Fsp3) is 0.308. The minimum absolute atomic E-state index is 0.0682. The molecule has 0 spiro atoms. The number of hydrogen-bond acceptors (Lipinski definition) is 7. The zero-order valence-corrected chi connectivity index (χ0v) is 21.3. The number of ether oxygens (including phenoxy) is 1. The largest absolute Gasteiger partial charge is 0.494 e. The number of thioether (sulfide) groups is 1. The van der Waals surface area contributed by atoms with Crippen LogP contribution in [0.25, 0.3) is 6.08 Å². The summed E-state index contributed by atoms with van der Waals surface area (Å²) in [7, 11) is 4.00. The van der Waals surface area contributed by atoms with Crippen molar-refractivity contribution in [3.05, 3.63) is 60.2 Å². The summed E-state index contributed by atoms with van der Waals surface area (Å²) in [6, 6.07) is 15.3. The summed E-state index contributed by atoms with van der Waals surface area (Å²) >= 11 is 1.18. The maximum absolute atomic E-state index is 12.7. The summed E-state index contributed by atoms with van der Waals surface area (Å²) in [5.41, 5.74) is 3.47. The summed E-state index contributed by atoms with van der Waals surface area (Å²) < 4.78 is 5.56. The summed E-state index contributed by atoms with van der Waals surface area (Å²) in [4.78, 5) is 26.9. The Balaban J connectivity index is 1.58. The molecule has 2 aromatic rings. The third-order valence-electron chi connectivity index (χ3n) is 4.98. The van der Waals surface area contributed by atoms with E-state index in [4.69, 9.17) is 4.74 Å². The van der Waals surface area contributed by atoms with Crippen molar-refractivity contribution >= 4 is 51.9 Å². The van der Waals surface area contributed by atoms with Crippen molar-refractivity contribution in [1.82, 2.24) is 5.32 Å². The van der Waals surface area contributed by atoms with Gasteiger partial charge in [0.2, 0.25) is 11.8 Å². The van der Waals surface area contributed by atoms with E-state index in [1.54, 1.807) is 24.3 Å². The summed E-state index contributed by atoms with van der Waals surface area (Å²) in [6.45, 7) is 4.50. The van der Waals surface area contributed by atoms with Crippen LogP contribution in [0.15, 0.2) is 64.8 Å². The lowest BCUT2D eigenvalue weighted by Gasteiger charge is -2.21. The number of amidine groups is 1. The second-order valence-electron chi connectivity index (χ2n) is 8.19. The van der Waals surface area contributed by atoms with E-state index in [1.807, 2.05) is 69.3 Å². The molecule has 3 rings (SSSR count). The van der Waals surface area contributed by atoms with Gasteiger partial charge in [-0.1, -0.05) is 36.9 Å². The van der Waals surface area contributed by atoms with Gasteiger partial charge in [0.05, 0.1) is 12.3 Å². The number of carbonyl (C=O) groups is 2. The van der Waals surface area contributed by atoms with E-state index < -0.39 is 5.25 Å². The molecular formula is C26H31N5O3S. The quantitative estimate of drug-likeness (QED) is 0.395. The zero-order valence-electron chi connectivity index (χ0n) is 20.4. The van der Waals surface area contributed by atoms with Crippen molar-refractivity contribution in [2.75, 3.05) is 30.9 Å². The third-order valence-corrected chi connectivity index (χ3v) is 6.06. The van der Waals surface area contributed by atoms with Crippen LogP contribution in [-0.4, -0.2) is 48.6 Å². The molecule has 0 unspecified atom stereocenters. The molecule has 2 amide bonds. The van der Waals surface area contributed by atoms with Crippen LogP contribution in [0.3, 0.4) is 0 Å². The highest BCUT2D eigenvalue weighted by Gasteiger charge is 2.30.